The highest BCUT2D eigenvalue weighted by Gasteiger charge is 2.04. The van der Waals surface area contributed by atoms with Gasteiger partial charge in [-0.1, -0.05) is 20.4 Å². The normalized spacial score (nSPS) is 10.3. The first-order chi connectivity index (χ1) is 9.93. The van der Waals surface area contributed by atoms with Gasteiger partial charge in [0, 0.05) is 12.2 Å². The molecule has 0 spiro atoms. The smallest absolute Gasteiger partial charge is 0.407 e. The summed E-state index contributed by atoms with van der Waals surface area (Å²) in [6.45, 7) is 10.9. The van der Waals surface area contributed by atoms with Gasteiger partial charge in [0.05, 0.1) is 13.2 Å². The van der Waals surface area contributed by atoms with Gasteiger partial charge in [-0.3, -0.25) is 0 Å². The average Bonchev–Trinajstić information content (AvgIpc) is 2.41. The minimum Gasteiger partial charge on any atom is -0.460 e. The molecule has 6 heteroatoms. The van der Waals surface area contributed by atoms with E-state index in [0.717, 1.165) is 12.8 Å². The second kappa shape index (κ2) is 12.2. The van der Waals surface area contributed by atoms with Gasteiger partial charge in [-0.2, -0.15) is 0 Å². The summed E-state index contributed by atoms with van der Waals surface area (Å²) in [6.07, 6.45) is 1.59. The van der Waals surface area contributed by atoms with Crippen molar-refractivity contribution in [3.8, 4) is 0 Å². The molecule has 0 aliphatic rings. The van der Waals surface area contributed by atoms with Crippen molar-refractivity contribution in [3.05, 3.63) is 12.2 Å². The van der Waals surface area contributed by atoms with Crippen molar-refractivity contribution in [1.29, 1.82) is 0 Å². The van der Waals surface area contributed by atoms with Crippen LogP contribution < -0.4 is 5.32 Å². The number of ether oxygens (including phenoxy) is 3. The highest BCUT2D eigenvalue weighted by Crippen LogP contribution is 2.02. The topological polar surface area (TPSA) is 73.9 Å². The summed E-state index contributed by atoms with van der Waals surface area (Å²) in [5.41, 5.74) is 0.326. The van der Waals surface area contributed by atoms with E-state index in [1.165, 1.54) is 0 Å². The fourth-order valence-corrected chi connectivity index (χ4v) is 1.36. The van der Waals surface area contributed by atoms with Crippen molar-refractivity contribution in [3.63, 3.8) is 0 Å². The number of rotatable bonds is 11. The highest BCUT2D eigenvalue weighted by molar-refractivity contribution is 5.86. The van der Waals surface area contributed by atoms with Crippen LogP contribution in [0.1, 0.15) is 33.6 Å². The minimum atomic E-state index is -0.549. The standard InChI is InChI=1S/C15H27NO5/c1-12(2)6-5-8-19-10-11-21-15(18)16-7-9-20-14(17)13(3)4/h12H,3,5-11H2,1-2,4H3,(H,16,18). The van der Waals surface area contributed by atoms with Crippen molar-refractivity contribution >= 4 is 12.1 Å². The van der Waals surface area contributed by atoms with Crippen LogP contribution in [-0.4, -0.2) is 45.0 Å². The van der Waals surface area contributed by atoms with Gasteiger partial charge in [0.25, 0.3) is 0 Å². The van der Waals surface area contributed by atoms with Gasteiger partial charge in [-0.05, 0) is 25.7 Å². The van der Waals surface area contributed by atoms with E-state index in [1.54, 1.807) is 6.92 Å². The Hall–Kier alpha value is -1.56. The lowest BCUT2D eigenvalue weighted by atomic mass is 10.1. The van der Waals surface area contributed by atoms with E-state index in [-0.39, 0.29) is 19.8 Å². The van der Waals surface area contributed by atoms with Gasteiger partial charge in [0.15, 0.2) is 0 Å². The summed E-state index contributed by atoms with van der Waals surface area (Å²) in [6, 6.07) is 0. The van der Waals surface area contributed by atoms with Gasteiger partial charge in [-0.15, -0.1) is 0 Å². The van der Waals surface area contributed by atoms with E-state index < -0.39 is 12.1 Å². The quantitative estimate of drug-likeness (QED) is 0.360. The molecule has 0 saturated heterocycles. The average molecular weight is 301 g/mol. The molecule has 0 unspecified atom stereocenters. The molecule has 0 saturated carbocycles. The third kappa shape index (κ3) is 13.2. The fourth-order valence-electron chi connectivity index (χ4n) is 1.36. The summed E-state index contributed by atoms with van der Waals surface area (Å²) in [5, 5.41) is 2.47. The molecule has 0 radical (unpaired) electrons. The molecule has 0 aliphatic carbocycles. The predicted molar refractivity (Wildman–Crippen MR) is 80.0 cm³/mol. The van der Waals surface area contributed by atoms with Gasteiger partial charge in [0.2, 0.25) is 0 Å². The third-order valence-corrected chi connectivity index (χ3v) is 2.48. The molecule has 6 nitrogen and oxygen atoms in total. The number of hydrogen-bond acceptors (Lipinski definition) is 5. The van der Waals surface area contributed by atoms with E-state index >= 15 is 0 Å². The molecule has 0 aromatic rings. The molecule has 0 fully saturated rings. The molecule has 1 N–H and O–H groups in total. The van der Waals surface area contributed by atoms with Gasteiger partial charge >= 0.3 is 12.1 Å². The van der Waals surface area contributed by atoms with Gasteiger partial charge in [-0.25, -0.2) is 9.59 Å². The van der Waals surface area contributed by atoms with Crippen LogP contribution in [0.4, 0.5) is 4.79 Å². The van der Waals surface area contributed by atoms with Crippen molar-refractivity contribution in [2.24, 2.45) is 5.92 Å². The first-order valence-corrected chi connectivity index (χ1v) is 7.24. The van der Waals surface area contributed by atoms with E-state index in [9.17, 15) is 9.59 Å². The van der Waals surface area contributed by atoms with Crippen molar-refractivity contribution in [2.45, 2.75) is 33.6 Å². The first kappa shape index (κ1) is 19.4. The van der Waals surface area contributed by atoms with Crippen LogP contribution >= 0.6 is 0 Å². The molecular formula is C15H27NO5. The zero-order chi connectivity index (χ0) is 16.1. The Morgan fingerprint density at radius 1 is 1.10 bits per heavy atom. The summed E-state index contributed by atoms with van der Waals surface area (Å²) >= 11 is 0. The molecule has 0 aromatic carbocycles. The largest absolute Gasteiger partial charge is 0.460 e. The zero-order valence-corrected chi connectivity index (χ0v) is 13.3. The molecule has 122 valence electrons. The molecule has 0 aromatic heterocycles. The monoisotopic (exact) mass is 301 g/mol. The molecule has 0 atom stereocenters. The Bertz CT molecular complexity index is 328. The summed E-state index contributed by atoms with van der Waals surface area (Å²) < 4.78 is 15.0. The van der Waals surface area contributed by atoms with Crippen molar-refractivity contribution in [1.82, 2.24) is 5.32 Å². The Morgan fingerprint density at radius 2 is 1.81 bits per heavy atom. The Kier molecular flexibility index (Phi) is 11.3. The minimum absolute atomic E-state index is 0.0898. The molecule has 1 amide bonds. The van der Waals surface area contributed by atoms with Crippen molar-refractivity contribution < 1.29 is 23.8 Å². The summed E-state index contributed by atoms with van der Waals surface area (Å²) in [5.74, 6) is 0.203. The van der Waals surface area contributed by atoms with Crippen LogP contribution in [0.15, 0.2) is 12.2 Å². The van der Waals surface area contributed by atoms with Crippen LogP contribution in [0.2, 0.25) is 0 Å². The maximum atomic E-state index is 11.3. The van der Waals surface area contributed by atoms with Crippen LogP contribution in [0.3, 0.4) is 0 Å². The molecule has 0 bridgehead atoms. The maximum Gasteiger partial charge on any atom is 0.407 e. The molecule has 0 aliphatic heterocycles. The molecule has 21 heavy (non-hydrogen) atoms. The molecule has 0 rings (SSSR count). The Labute approximate surface area is 126 Å². The first-order valence-electron chi connectivity index (χ1n) is 7.24. The van der Waals surface area contributed by atoms with Crippen molar-refractivity contribution in [2.75, 3.05) is 33.0 Å². The number of hydrogen-bond donors (Lipinski definition) is 1. The van der Waals surface area contributed by atoms with E-state index in [0.29, 0.717) is 24.7 Å². The van der Waals surface area contributed by atoms with Crippen LogP contribution in [-0.2, 0) is 19.0 Å². The van der Waals surface area contributed by atoms with Gasteiger partial charge in [0.1, 0.15) is 13.2 Å². The van der Waals surface area contributed by atoms with E-state index in [4.69, 9.17) is 14.2 Å². The Balaban J connectivity index is 3.35. The number of nitrogens with one attached hydrogen (secondary N) is 1. The number of alkyl carbamates (subject to hydrolysis) is 1. The SMILES string of the molecule is C=C(C)C(=O)OCCNC(=O)OCCOCCCC(C)C. The molecular weight excluding hydrogens is 274 g/mol. The Morgan fingerprint density at radius 3 is 2.43 bits per heavy atom. The van der Waals surface area contributed by atoms with Crippen LogP contribution in [0.25, 0.3) is 0 Å². The number of esters is 1. The second-order valence-corrected chi connectivity index (χ2v) is 5.13. The predicted octanol–water partition coefficient (Wildman–Crippen LogP) is 2.28. The lowest BCUT2D eigenvalue weighted by Gasteiger charge is -2.08. The third-order valence-electron chi connectivity index (χ3n) is 2.48. The number of amides is 1. The van der Waals surface area contributed by atoms with E-state index in [2.05, 4.69) is 25.7 Å². The van der Waals surface area contributed by atoms with Crippen LogP contribution in [0, 0.1) is 5.92 Å². The number of carbonyl (C=O) groups excluding carboxylic acids is 2. The number of carbonyl (C=O) groups is 2. The highest BCUT2D eigenvalue weighted by atomic mass is 16.6. The van der Waals surface area contributed by atoms with Gasteiger partial charge < -0.3 is 19.5 Å². The van der Waals surface area contributed by atoms with E-state index in [1.807, 2.05) is 0 Å². The lowest BCUT2D eigenvalue weighted by Crippen LogP contribution is -2.29. The summed E-state index contributed by atoms with van der Waals surface area (Å²) in [4.78, 5) is 22.3. The zero-order valence-electron chi connectivity index (χ0n) is 13.3. The summed E-state index contributed by atoms with van der Waals surface area (Å²) in [7, 11) is 0. The lowest BCUT2D eigenvalue weighted by molar-refractivity contribution is -0.138. The fraction of sp³-hybridized carbons (Fsp3) is 0.733. The second-order valence-electron chi connectivity index (χ2n) is 5.13. The molecule has 0 heterocycles. The maximum absolute atomic E-state index is 11.3. The van der Waals surface area contributed by atoms with Crippen LogP contribution in [0.5, 0.6) is 0 Å².